The summed E-state index contributed by atoms with van der Waals surface area (Å²) in [6.07, 6.45) is 0.848. The first-order valence-corrected chi connectivity index (χ1v) is 7.71. The average Bonchev–Trinajstić information content (AvgIpc) is 3.09. The number of nitrogens with one attached hydrogen (secondary N) is 3. The Hall–Kier alpha value is -2.38. The van der Waals surface area contributed by atoms with Crippen molar-refractivity contribution in [3.63, 3.8) is 0 Å². The fraction of sp³-hybridized carbons (Fsp3) is 0.267. The molecule has 0 unspecified atom stereocenters. The molecular weight excluding hydrogens is 316 g/mol. The molecule has 0 atom stereocenters. The van der Waals surface area contributed by atoms with E-state index in [0.717, 1.165) is 35.3 Å². The molecule has 118 valence electrons. The SMILES string of the molecule is Cn1c(NC(=O)c2n[nH]c3c2CNCC3)nc2cc(Cl)ccc21. The van der Waals surface area contributed by atoms with Gasteiger partial charge in [-0.25, -0.2) is 4.98 Å². The lowest BCUT2D eigenvalue weighted by molar-refractivity contribution is 0.102. The highest BCUT2D eigenvalue weighted by Gasteiger charge is 2.22. The van der Waals surface area contributed by atoms with Gasteiger partial charge in [-0.05, 0) is 18.2 Å². The number of anilines is 1. The van der Waals surface area contributed by atoms with Crippen LogP contribution in [0.3, 0.4) is 0 Å². The summed E-state index contributed by atoms with van der Waals surface area (Å²) in [7, 11) is 1.85. The normalized spacial score (nSPS) is 14.0. The minimum absolute atomic E-state index is 0.268. The van der Waals surface area contributed by atoms with Gasteiger partial charge in [0.2, 0.25) is 5.95 Å². The fourth-order valence-electron chi connectivity index (χ4n) is 2.86. The van der Waals surface area contributed by atoms with Crippen molar-refractivity contribution in [3.8, 4) is 0 Å². The lowest BCUT2D eigenvalue weighted by Crippen LogP contribution is -2.25. The van der Waals surface area contributed by atoms with Crippen molar-refractivity contribution in [3.05, 3.63) is 40.2 Å². The standard InChI is InChI=1S/C15H15ClN6O/c1-22-12-3-2-8(16)6-11(12)18-15(22)19-14(23)13-9-7-17-5-4-10(9)20-21-13/h2-3,6,17H,4-5,7H2,1H3,(H,20,21)(H,18,19,23). The highest BCUT2D eigenvalue weighted by molar-refractivity contribution is 6.31. The number of halogens is 1. The quantitative estimate of drug-likeness (QED) is 0.669. The molecule has 0 spiro atoms. The van der Waals surface area contributed by atoms with E-state index in [-0.39, 0.29) is 5.91 Å². The number of aryl methyl sites for hydroxylation is 1. The summed E-state index contributed by atoms with van der Waals surface area (Å²) < 4.78 is 1.82. The van der Waals surface area contributed by atoms with Crippen molar-refractivity contribution < 1.29 is 4.79 Å². The van der Waals surface area contributed by atoms with Gasteiger partial charge in [-0.15, -0.1) is 0 Å². The van der Waals surface area contributed by atoms with E-state index in [9.17, 15) is 4.79 Å². The van der Waals surface area contributed by atoms with E-state index in [1.807, 2.05) is 17.7 Å². The molecule has 0 radical (unpaired) electrons. The lowest BCUT2D eigenvalue weighted by atomic mass is 10.1. The van der Waals surface area contributed by atoms with Crippen LogP contribution < -0.4 is 10.6 Å². The second-order valence-electron chi connectivity index (χ2n) is 5.54. The molecular formula is C15H15ClN6O. The van der Waals surface area contributed by atoms with Crippen molar-refractivity contribution in [1.82, 2.24) is 25.1 Å². The maximum atomic E-state index is 12.5. The summed E-state index contributed by atoms with van der Waals surface area (Å²) in [5, 5.41) is 13.8. The third-order valence-corrected chi connectivity index (χ3v) is 4.32. The summed E-state index contributed by atoms with van der Waals surface area (Å²) in [6, 6.07) is 5.44. The summed E-state index contributed by atoms with van der Waals surface area (Å²) in [5.41, 5.74) is 4.00. The second-order valence-corrected chi connectivity index (χ2v) is 5.97. The predicted octanol–water partition coefficient (Wildman–Crippen LogP) is 1.85. The van der Waals surface area contributed by atoms with E-state index in [2.05, 4.69) is 25.8 Å². The fourth-order valence-corrected chi connectivity index (χ4v) is 3.02. The number of carbonyl (C=O) groups is 1. The molecule has 4 rings (SSSR count). The van der Waals surface area contributed by atoms with Crippen LogP contribution in [0.15, 0.2) is 18.2 Å². The molecule has 0 bridgehead atoms. The number of aromatic nitrogens is 4. The molecule has 3 heterocycles. The van der Waals surface area contributed by atoms with E-state index in [0.29, 0.717) is 23.2 Å². The Morgan fingerprint density at radius 2 is 2.30 bits per heavy atom. The molecule has 3 N–H and O–H groups in total. The number of fused-ring (bicyclic) bond motifs is 2. The number of amides is 1. The first-order valence-electron chi connectivity index (χ1n) is 7.33. The van der Waals surface area contributed by atoms with E-state index in [1.54, 1.807) is 12.1 Å². The van der Waals surface area contributed by atoms with E-state index >= 15 is 0 Å². The molecule has 1 amide bonds. The second kappa shape index (κ2) is 5.36. The van der Waals surface area contributed by atoms with Crippen LogP contribution in [0.2, 0.25) is 5.02 Å². The van der Waals surface area contributed by atoms with Crippen LogP contribution in [-0.2, 0) is 20.0 Å². The summed E-state index contributed by atoms with van der Waals surface area (Å²) in [4.78, 5) is 17.0. The van der Waals surface area contributed by atoms with Gasteiger partial charge in [0.25, 0.3) is 5.91 Å². The van der Waals surface area contributed by atoms with Crippen LogP contribution >= 0.6 is 11.6 Å². The minimum atomic E-state index is -0.268. The smallest absolute Gasteiger partial charge is 0.278 e. The van der Waals surface area contributed by atoms with Crippen LogP contribution in [0.25, 0.3) is 11.0 Å². The van der Waals surface area contributed by atoms with Crippen molar-refractivity contribution in [2.75, 3.05) is 11.9 Å². The number of carbonyl (C=O) groups excluding carboxylic acids is 1. The van der Waals surface area contributed by atoms with Gasteiger partial charge >= 0.3 is 0 Å². The van der Waals surface area contributed by atoms with E-state index < -0.39 is 0 Å². The number of benzene rings is 1. The zero-order valence-corrected chi connectivity index (χ0v) is 13.2. The van der Waals surface area contributed by atoms with Gasteiger partial charge in [0, 0.05) is 42.8 Å². The molecule has 0 fully saturated rings. The highest BCUT2D eigenvalue weighted by atomic mass is 35.5. The topological polar surface area (TPSA) is 87.6 Å². The zero-order valence-electron chi connectivity index (χ0n) is 12.5. The average molecular weight is 331 g/mol. The van der Waals surface area contributed by atoms with Crippen molar-refractivity contribution >= 4 is 34.5 Å². The summed E-state index contributed by atoms with van der Waals surface area (Å²) in [5.74, 6) is 0.198. The summed E-state index contributed by atoms with van der Waals surface area (Å²) in [6.45, 7) is 1.54. The monoisotopic (exact) mass is 330 g/mol. The number of rotatable bonds is 2. The van der Waals surface area contributed by atoms with Gasteiger partial charge in [-0.2, -0.15) is 5.10 Å². The Balaban J connectivity index is 1.66. The molecule has 1 aliphatic rings. The molecule has 0 saturated heterocycles. The highest BCUT2D eigenvalue weighted by Crippen LogP contribution is 2.23. The number of hydrogen-bond acceptors (Lipinski definition) is 4. The predicted molar refractivity (Wildman–Crippen MR) is 87.7 cm³/mol. The third-order valence-electron chi connectivity index (χ3n) is 4.09. The lowest BCUT2D eigenvalue weighted by Gasteiger charge is -2.12. The maximum Gasteiger partial charge on any atom is 0.278 e. The Kier molecular flexibility index (Phi) is 3.32. The Bertz CT molecular complexity index is 912. The van der Waals surface area contributed by atoms with Gasteiger partial charge in [0.1, 0.15) is 0 Å². The van der Waals surface area contributed by atoms with E-state index in [4.69, 9.17) is 11.6 Å². The van der Waals surface area contributed by atoms with Gasteiger partial charge in [0.05, 0.1) is 11.0 Å². The molecule has 7 nitrogen and oxygen atoms in total. The Morgan fingerprint density at radius 3 is 3.17 bits per heavy atom. The maximum absolute atomic E-state index is 12.5. The van der Waals surface area contributed by atoms with Crippen LogP contribution in [0.4, 0.5) is 5.95 Å². The van der Waals surface area contributed by atoms with Gasteiger partial charge in [0.15, 0.2) is 5.69 Å². The third kappa shape index (κ3) is 2.38. The number of aromatic amines is 1. The molecule has 3 aromatic rings. The van der Waals surface area contributed by atoms with Crippen molar-refractivity contribution in [2.24, 2.45) is 7.05 Å². The van der Waals surface area contributed by atoms with Crippen LogP contribution in [0.5, 0.6) is 0 Å². The first-order chi connectivity index (χ1) is 11.1. The number of imidazole rings is 1. The van der Waals surface area contributed by atoms with Crippen LogP contribution in [0, 0.1) is 0 Å². The Labute approximate surface area is 137 Å². The molecule has 0 saturated carbocycles. The summed E-state index contributed by atoms with van der Waals surface area (Å²) >= 11 is 5.99. The number of nitrogens with zero attached hydrogens (tertiary/aromatic N) is 3. The van der Waals surface area contributed by atoms with E-state index in [1.165, 1.54) is 0 Å². The van der Waals surface area contributed by atoms with Gasteiger partial charge in [-0.1, -0.05) is 11.6 Å². The minimum Gasteiger partial charge on any atom is -0.313 e. The molecule has 1 aromatic carbocycles. The van der Waals surface area contributed by atoms with Crippen molar-refractivity contribution in [2.45, 2.75) is 13.0 Å². The molecule has 8 heteroatoms. The molecule has 0 aliphatic carbocycles. The number of hydrogen-bond donors (Lipinski definition) is 3. The number of H-pyrrole nitrogens is 1. The van der Waals surface area contributed by atoms with Crippen LogP contribution in [-0.4, -0.2) is 32.2 Å². The van der Waals surface area contributed by atoms with Crippen molar-refractivity contribution in [1.29, 1.82) is 0 Å². The molecule has 23 heavy (non-hydrogen) atoms. The van der Waals surface area contributed by atoms with Crippen LogP contribution in [0.1, 0.15) is 21.7 Å². The zero-order chi connectivity index (χ0) is 16.0. The molecule has 1 aliphatic heterocycles. The largest absolute Gasteiger partial charge is 0.313 e. The van der Waals surface area contributed by atoms with Gasteiger partial charge in [-0.3, -0.25) is 15.2 Å². The Morgan fingerprint density at radius 1 is 1.43 bits per heavy atom. The van der Waals surface area contributed by atoms with Gasteiger partial charge < -0.3 is 9.88 Å². The first kappa shape index (κ1) is 14.2. The molecule has 2 aromatic heterocycles.